The summed E-state index contributed by atoms with van der Waals surface area (Å²) in [4.78, 5) is 11.4. The zero-order chi connectivity index (χ0) is 11.6. The van der Waals surface area contributed by atoms with E-state index in [4.69, 9.17) is 0 Å². The zero-order valence-electron chi connectivity index (χ0n) is 10.5. The number of Topliss-reactive ketones (excluding diaryl/α,β-unsaturated/α-hetero) is 1. The van der Waals surface area contributed by atoms with E-state index >= 15 is 0 Å². The molecular weight excluding hydrogens is 172 g/mol. The van der Waals surface area contributed by atoms with E-state index in [1.54, 1.807) is 6.92 Å². The van der Waals surface area contributed by atoms with E-state index in [0.29, 0.717) is 0 Å². The van der Waals surface area contributed by atoms with Gasteiger partial charge < -0.3 is 0 Å². The van der Waals surface area contributed by atoms with Crippen LogP contribution in [0.15, 0.2) is 12.2 Å². The summed E-state index contributed by atoms with van der Waals surface area (Å²) >= 11 is 0. The number of hydrogen-bond donors (Lipinski definition) is 0. The molecule has 0 atom stereocenters. The molecule has 0 rings (SSSR count). The lowest BCUT2D eigenvalue weighted by Gasteiger charge is -2.34. The van der Waals surface area contributed by atoms with Crippen LogP contribution in [-0.2, 0) is 4.79 Å². The molecule has 0 bridgehead atoms. The van der Waals surface area contributed by atoms with Crippen LogP contribution in [0.4, 0.5) is 0 Å². The van der Waals surface area contributed by atoms with Gasteiger partial charge in [0.25, 0.3) is 0 Å². The van der Waals surface area contributed by atoms with E-state index in [2.05, 4.69) is 27.4 Å². The van der Waals surface area contributed by atoms with Crippen molar-refractivity contribution in [1.82, 2.24) is 0 Å². The summed E-state index contributed by atoms with van der Waals surface area (Å²) in [6.45, 7) is 16.2. The highest BCUT2D eigenvalue weighted by atomic mass is 16.1. The van der Waals surface area contributed by atoms with Crippen LogP contribution in [0.3, 0.4) is 0 Å². The van der Waals surface area contributed by atoms with Crippen LogP contribution in [0.5, 0.6) is 0 Å². The highest BCUT2D eigenvalue weighted by Crippen LogP contribution is 2.39. The average molecular weight is 196 g/mol. The number of ketones is 1. The minimum atomic E-state index is -0.235. The van der Waals surface area contributed by atoms with Crippen LogP contribution in [-0.4, -0.2) is 5.78 Å². The van der Waals surface area contributed by atoms with Crippen molar-refractivity contribution in [2.24, 2.45) is 10.8 Å². The third-order valence-electron chi connectivity index (χ3n) is 3.22. The van der Waals surface area contributed by atoms with E-state index in [-0.39, 0.29) is 16.6 Å². The van der Waals surface area contributed by atoms with Crippen molar-refractivity contribution in [3.63, 3.8) is 0 Å². The summed E-state index contributed by atoms with van der Waals surface area (Å²) in [5.74, 6) is 0.259. The maximum absolute atomic E-state index is 11.4. The fourth-order valence-electron chi connectivity index (χ4n) is 1.83. The summed E-state index contributed by atoms with van der Waals surface area (Å²) in [5, 5.41) is 0. The van der Waals surface area contributed by atoms with Gasteiger partial charge in [0.1, 0.15) is 5.78 Å². The van der Waals surface area contributed by atoms with Gasteiger partial charge in [0.05, 0.1) is 0 Å². The van der Waals surface area contributed by atoms with Crippen LogP contribution in [0, 0.1) is 10.8 Å². The normalized spacial score (nSPS) is 12.7. The molecule has 82 valence electrons. The molecule has 0 aliphatic heterocycles. The van der Waals surface area contributed by atoms with Gasteiger partial charge in [0, 0.05) is 5.41 Å². The van der Waals surface area contributed by atoms with Crippen molar-refractivity contribution < 1.29 is 4.79 Å². The zero-order valence-corrected chi connectivity index (χ0v) is 10.5. The molecule has 0 radical (unpaired) electrons. The third-order valence-corrected chi connectivity index (χ3v) is 3.22. The van der Waals surface area contributed by atoms with Gasteiger partial charge in [-0.3, -0.25) is 4.79 Å². The van der Waals surface area contributed by atoms with Crippen LogP contribution in [0.25, 0.3) is 0 Å². The first-order valence-corrected chi connectivity index (χ1v) is 5.33. The standard InChI is InChI=1S/C13H24O/c1-8-10(2)12(4,5)9-13(6,7)11(3)14/h2,8-9H2,1,3-7H3. The molecule has 0 spiro atoms. The highest BCUT2D eigenvalue weighted by molar-refractivity contribution is 5.81. The molecule has 0 aliphatic carbocycles. The van der Waals surface area contributed by atoms with E-state index in [9.17, 15) is 4.79 Å². The smallest absolute Gasteiger partial charge is 0.135 e. The summed E-state index contributed by atoms with van der Waals surface area (Å²) < 4.78 is 0. The molecule has 0 aromatic heterocycles. The Morgan fingerprint density at radius 1 is 1.14 bits per heavy atom. The predicted octanol–water partition coefficient (Wildman–Crippen LogP) is 3.98. The van der Waals surface area contributed by atoms with Crippen molar-refractivity contribution in [3.05, 3.63) is 12.2 Å². The summed E-state index contributed by atoms with van der Waals surface area (Å²) in [7, 11) is 0. The minimum Gasteiger partial charge on any atom is -0.299 e. The summed E-state index contributed by atoms with van der Waals surface area (Å²) in [5.41, 5.74) is 1.05. The minimum absolute atomic E-state index is 0.0594. The number of carbonyl (C=O) groups is 1. The Morgan fingerprint density at radius 3 is 1.86 bits per heavy atom. The largest absolute Gasteiger partial charge is 0.299 e. The van der Waals surface area contributed by atoms with Crippen molar-refractivity contribution in [3.8, 4) is 0 Å². The number of hydrogen-bond acceptors (Lipinski definition) is 1. The summed E-state index contributed by atoms with van der Waals surface area (Å²) in [6.07, 6.45) is 1.86. The monoisotopic (exact) mass is 196 g/mol. The Kier molecular flexibility index (Phi) is 4.11. The fraction of sp³-hybridized carbons (Fsp3) is 0.769. The van der Waals surface area contributed by atoms with E-state index in [1.807, 2.05) is 13.8 Å². The molecular formula is C13H24O. The van der Waals surface area contributed by atoms with Gasteiger partial charge in [0.2, 0.25) is 0 Å². The van der Waals surface area contributed by atoms with Gasteiger partial charge >= 0.3 is 0 Å². The van der Waals surface area contributed by atoms with Crippen molar-refractivity contribution in [2.45, 2.75) is 54.4 Å². The molecule has 0 aromatic rings. The maximum Gasteiger partial charge on any atom is 0.135 e. The van der Waals surface area contributed by atoms with Crippen molar-refractivity contribution in [1.29, 1.82) is 0 Å². The third kappa shape index (κ3) is 3.28. The Morgan fingerprint density at radius 2 is 1.57 bits per heavy atom. The first-order valence-electron chi connectivity index (χ1n) is 5.33. The van der Waals surface area contributed by atoms with Gasteiger partial charge in [0.15, 0.2) is 0 Å². The Bertz CT molecular complexity index is 234. The van der Waals surface area contributed by atoms with Crippen molar-refractivity contribution >= 4 is 5.78 Å². The highest BCUT2D eigenvalue weighted by Gasteiger charge is 2.33. The molecule has 0 saturated carbocycles. The van der Waals surface area contributed by atoms with Crippen LogP contribution >= 0.6 is 0 Å². The fourth-order valence-corrected chi connectivity index (χ4v) is 1.83. The molecule has 0 amide bonds. The quantitative estimate of drug-likeness (QED) is 0.608. The maximum atomic E-state index is 11.4. The molecule has 1 nitrogen and oxygen atoms in total. The molecule has 0 aliphatic rings. The number of carbonyl (C=O) groups excluding carboxylic acids is 1. The lowest BCUT2D eigenvalue weighted by molar-refractivity contribution is -0.126. The molecule has 0 fully saturated rings. The second-order valence-corrected chi connectivity index (χ2v) is 5.46. The SMILES string of the molecule is C=C(CC)C(C)(C)CC(C)(C)C(C)=O. The Hall–Kier alpha value is -0.590. The Balaban J connectivity index is 4.66. The van der Waals surface area contributed by atoms with Gasteiger partial charge in [-0.25, -0.2) is 0 Å². The molecule has 0 N–H and O–H groups in total. The van der Waals surface area contributed by atoms with E-state index in [1.165, 1.54) is 5.57 Å². The van der Waals surface area contributed by atoms with Crippen LogP contribution in [0.1, 0.15) is 54.4 Å². The molecule has 0 unspecified atom stereocenters. The van der Waals surface area contributed by atoms with Crippen LogP contribution < -0.4 is 0 Å². The van der Waals surface area contributed by atoms with Gasteiger partial charge in [-0.1, -0.05) is 46.8 Å². The molecule has 14 heavy (non-hydrogen) atoms. The predicted molar refractivity (Wildman–Crippen MR) is 62.3 cm³/mol. The summed E-state index contributed by atoms with van der Waals surface area (Å²) in [6, 6.07) is 0. The van der Waals surface area contributed by atoms with Gasteiger partial charge in [-0.05, 0) is 25.2 Å². The molecule has 0 aromatic carbocycles. The lowest BCUT2D eigenvalue weighted by Crippen LogP contribution is -2.29. The lowest BCUT2D eigenvalue weighted by atomic mass is 9.69. The first kappa shape index (κ1) is 13.4. The second-order valence-electron chi connectivity index (χ2n) is 5.46. The van der Waals surface area contributed by atoms with Crippen LogP contribution in [0.2, 0.25) is 0 Å². The molecule has 0 heterocycles. The molecule has 1 heteroatoms. The first-order chi connectivity index (χ1) is 6.13. The second kappa shape index (κ2) is 4.29. The Labute approximate surface area is 88.6 Å². The van der Waals surface area contributed by atoms with Gasteiger partial charge in [-0.15, -0.1) is 0 Å². The molecule has 0 saturated heterocycles. The number of allylic oxidation sites excluding steroid dienone is 1. The number of rotatable bonds is 5. The van der Waals surface area contributed by atoms with E-state index < -0.39 is 0 Å². The topological polar surface area (TPSA) is 17.1 Å². The average Bonchev–Trinajstić information content (AvgIpc) is 2.00. The van der Waals surface area contributed by atoms with E-state index in [0.717, 1.165) is 12.8 Å². The van der Waals surface area contributed by atoms with Gasteiger partial charge in [-0.2, -0.15) is 0 Å². The van der Waals surface area contributed by atoms with Crippen molar-refractivity contribution in [2.75, 3.05) is 0 Å².